The van der Waals surface area contributed by atoms with Crippen molar-refractivity contribution in [2.45, 2.75) is 25.7 Å². The number of aldehydes is 1. The number of Topliss-reactive ketones (excluding diaryl/α,β-unsaturated/α-hetero) is 1. The molecule has 0 atom stereocenters. The zero-order valence-corrected chi connectivity index (χ0v) is 33.0. The molecule has 0 aromatic heterocycles. The largest absolute Gasteiger partial charge is 0.513 e. The number of ketones is 1. The fourth-order valence-corrected chi connectivity index (χ4v) is 5.50. The molecule has 0 fully saturated rings. The Morgan fingerprint density at radius 3 is 1.32 bits per heavy atom. The highest BCUT2D eigenvalue weighted by atomic mass is 16.7. The second-order valence-corrected chi connectivity index (χ2v) is 12.9. The van der Waals surface area contributed by atoms with E-state index >= 15 is 0 Å². The molecule has 0 bridgehead atoms. The summed E-state index contributed by atoms with van der Waals surface area (Å²) >= 11 is 0. The van der Waals surface area contributed by atoms with Crippen molar-refractivity contribution in [3.8, 4) is 23.0 Å². The van der Waals surface area contributed by atoms with Crippen molar-refractivity contribution >= 4 is 69.8 Å². The molecule has 0 radical (unpaired) electrons. The van der Waals surface area contributed by atoms with Crippen LogP contribution in [0.3, 0.4) is 0 Å². The summed E-state index contributed by atoms with van der Waals surface area (Å²) in [4.78, 5) is 96.9. The summed E-state index contributed by atoms with van der Waals surface area (Å²) in [7, 11) is 0. The van der Waals surface area contributed by atoms with E-state index in [1.165, 1.54) is 48.5 Å². The predicted octanol–water partition coefficient (Wildman–Crippen LogP) is 7.86. The van der Waals surface area contributed by atoms with E-state index in [-0.39, 0.29) is 72.4 Å². The molecule has 5 aromatic rings. The van der Waals surface area contributed by atoms with Gasteiger partial charge in [0.25, 0.3) is 0 Å². The van der Waals surface area contributed by atoms with Gasteiger partial charge in [0.2, 0.25) is 5.78 Å². The van der Waals surface area contributed by atoms with Crippen molar-refractivity contribution in [2.24, 2.45) is 0 Å². The molecule has 16 nitrogen and oxygen atoms in total. The van der Waals surface area contributed by atoms with Crippen molar-refractivity contribution in [1.29, 1.82) is 0 Å². The van der Waals surface area contributed by atoms with E-state index in [1.807, 2.05) is 0 Å². The number of hydrogen-bond donors (Lipinski definition) is 0. The van der Waals surface area contributed by atoms with Crippen LogP contribution in [-0.2, 0) is 33.3 Å². The van der Waals surface area contributed by atoms with Gasteiger partial charge in [-0.2, -0.15) is 0 Å². The third-order valence-corrected chi connectivity index (χ3v) is 8.57. The van der Waals surface area contributed by atoms with E-state index in [9.17, 15) is 38.4 Å². The molecule has 0 unspecified atom stereocenters. The van der Waals surface area contributed by atoms with Gasteiger partial charge in [-0.1, -0.05) is 37.4 Å². The van der Waals surface area contributed by atoms with E-state index < -0.39 is 42.0 Å². The lowest BCUT2D eigenvalue weighted by molar-refractivity contribution is -0.138. The molecule has 0 saturated heterocycles. The highest BCUT2D eigenvalue weighted by molar-refractivity contribution is 6.34. The Kier molecular flexibility index (Phi) is 16.2. The number of carbonyl (C=O) groups excluding carboxylic acids is 8. The first-order chi connectivity index (χ1) is 30.0. The van der Waals surface area contributed by atoms with Gasteiger partial charge in [0, 0.05) is 12.2 Å². The molecule has 0 aliphatic heterocycles. The van der Waals surface area contributed by atoms with Gasteiger partial charge in [-0.05, 0) is 114 Å². The maximum Gasteiger partial charge on any atom is 0.513 e. The van der Waals surface area contributed by atoms with Gasteiger partial charge in [-0.25, -0.2) is 28.8 Å². The summed E-state index contributed by atoms with van der Waals surface area (Å²) in [5.41, 5.74) is -0.102. The average molecular weight is 847 g/mol. The molecule has 318 valence electrons. The zero-order chi connectivity index (χ0) is 44.4. The Hall–Kier alpha value is -8.14. The predicted molar refractivity (Wildman–Crippen MR) is 219 cm³/mol. The minimum atomic E-state index is -1.04. The van der Waals surface area contributed by atoms with Crippen LogP contribution < -0.4 is 18.9 Å². The number of ether oxygens (including phenoxy) is 8. The number of esters is 4. The van der Waals surface area contributed by atoms with Gasteiger partial charge in [0.1, 0.15) is 23.0 Å². The van der Waals surface area contributed by atoms with Crippen LogP contribution in [0.2, 0.25) is 0 Å². The van der Waals surface area contributed by atoms with Gasteiger partial charge < -0.3 is 37.9 Å². The van der Waals surface area contributed by atoms with Crippen LogP contribution >= 0.6 is 0 Å². The Labute approximate surface area is 353 Å². The fraction of sp³-hybridized carbons (Fsp3) is 0.174. The summed E-state index contributed by atoms with van der Waals surface area (Å²) in [5.74, 6) is -3.75. The molecule has 0 spiro atoms. The van der Waals surface area contributed by atoms with E-state index in [0.29, 0.717) is 47.2 Å². The molecule has 0 aliphatic rings. The summed E-state index contributed by atoms with van der Waals surface area (Å²) in [6.07, 6.45) is 2.14. The monoisotopic (exact) mass is 846 g/mol. The van der Waals surface area contributed by atoms with E-state index in [1.54, 1.807) is 36.4 Å². The highest BCUT2D eigenvalue weighted by Gasteiger charge is 2.20. The van der Waals surface area contributed by atoms with Gasteiger partial charge in [-0.15, -0.1) is 0 Å². The topological polar surface area (TPSA) is 210 Å². The zero-order valence-electron chi connectivity index (χ0n) is 33.0. The summed E-state index contributed by atoms with van der Waals surface area (Å²) < 4.78 is 41.3. The van der Waals surface area contributed by atoms with Crippen LogP contribution in [0.15, 0.2) is 116 Å². The Morgan fingerprint density at radius 2 is 0.855 bits per heavy atom. The summed E-state index contributed by atoms with van der Waals surface area (Å²) in [6, 6.07) is 22.1. The van der Waals surface area contributed by atoms with Crippen LogP contribution in [-0.4, -0.2) is 74.7 Å². The van der Waals surface area contributed by atoms with Crippen LogP contribution in [0.25, 0.3) is 21.5 Å². The number of hydrogen-bond acceptors (Lipinski definition) is 16. The maximum atomic E-state index is 13.2. The van der Waals surface area contributed by atoms with Crippen molar-refractivity contribution in [1.82, 2.24) is 0 Å². The maximum absolute atomic E-state index is 13.2. The van der Waals surface area contributed by atoms with E-state index in [2.05, 4.69) is 13.2 Å². The smallest absolute Gasteiger partial charge is 0.463 e. The second kappa shape index (κ2) is 22.3. The molecule has 5 aromatic carbocycles. The van der Waals surface area contributed by atoms with Crippen molar-refractivity contribution in [2.75, 3.05) is 26.4 Å². The Bertz CT molecular complexity index is 2540. The molecule has 0 N–H and O–H groups in total. The molecular weight excluding hydrogens is 808 g/mol. The van der Waals surface area contributed by atoms with Crippen molar-refractivity contribution < 1.29 is 76.3 Å². The van der Waals surface area contributed by atoms with Crippen molar-refractivity contribution in [3.05, 3.63) is 133 Å². The van der Waals surface area contributed by atoms with Crippen molar-refractivity contribution in [3.63, 3.8) is 0 Å². The standard InChI is InChI=1S/C46H38O16/c1-3-41(49)55-19-5-7-21-57-45(53)60-35-15-13-29-23-33(11-9-31(29)25-35)43(51)59-37-17-18-40(38(27-37)39(48)28-47)62-44(52)34-12-10-32-26-36(16-14-30(32)24-34)61-46(54)58-22-8-6-20-56-42(50)4-2/h3-4,9-18,23-28H,1-2,5-8,19-22H2. The third kappa shape index (κ3) is 13.2. The third-order valence-electron chi connectivity index (χ3n) is 8.57. The number of carbonyl (C=O) groups is 8. The Morgan fingerprint density at radius 1 is 0.452 bits per heavy atom. The van der Waals surface area contributed by atoms with Crippen LogP contribution in [0.1, 0.15) is 56.8 Å². The summed E-state index contributed by atoms with van der Waals surface area (Å²) in [5, 5.41) is 2.42. The van der Waals surface area contributed by atoms with Crippen LogP contribution in [0, 0.1) is 0 Å². The Balaban J connectivity index is 1.15. The minimum absolute atomic E-state index is 0.0288. The van der Waals surface area contributed by atoms with Gasteiger partial charge >= 0.3 is 36.2 Å². The first-order valence-corrected chi connectivity index (χ1v) is 18.9. The lowest BCUT2D eigenvalue weighted by Crippen LogP contribution is -2.13. The normalized spacial score (nSPS) is 10.5. The number of unbranched alkanes of at least 4 members (excludes halogenated alkanes) is 2. The van der Waals surface area contributed by atoms with Gasteiger partial charge in [0.15, 0.2) is 6.29 Å². The first-order valence-electron chi connectivity index (χ1n) is 18.9. The lowest BCUT2D eigenvalue weighted by atomic mass is 10.1. The average Bonchev–Trinajstić information content (AvgIpc) is 3.28. The SMILES string of the molecule is C=CC(=O)OCCCCOC(=O)Oc1ccc2cc(C(=O)Oc3ccc(OC(=O)c4ccc5cc(OC(=O)OCCCCOC(=O)C=C)ccc5c4)c(C(=O)C=O)c3)ccc2c1. The quantitative estimate of drug-likeness (QED) is 0.00839. The molecule has 16 heteroatoms. The lowest BCUT2D eigenvalue weighted by Gasteiger charge is -2.11. The number of rotatable bonds is 20. The molecule has 0 heterocycles. The summed E-state index contributed by atoms with van der Waals surface area (Å²) in [6.45, 7) is 7.04. The molecule has 0 amide bonds. The molecule has 0 aliphatic carbocycles. The molecular formula is C46H38O16. The van der Waals surface area contributed by atoms with Crippen LogP contribution in [0.5, 0.6) is 23.0 Å². The first kappa shape index (κ1) is 45.0. The fourth-order valence-electron chi connectivity index (χ4n) is 5.50. The minimum Gasteiger partial charge on any atom is -0.463 e. The van der Waals surface area contributed by atoms with Gasteiger partial charge in [-0.3, -0.25) is 9.59 Å². The van der Waals surface area contributed by atoms with Crippen LogP contribution in [0.4, 0.5) is 9.59 Å². The number of fused-ring (bicyclic) bond motifs is 2. The second-order valence-electron chi connectivity index (χ2n) is 12.9. The van der Waals surface area contributed by atoms with E-state index in [4.69, 9.17) is 37.9 Å². The van der Waals surface area contributed by atoms with Gasteiger partial charge in [0.05, 0.1) is 43.1 Å². The molecule has 5 rings (SSSR count). The van der Waals surface area contributed by atoms with E-state index in [0.717, 1.165) is 18.2 Å². The molecule has 0 saturated carbocycles. The molecule has 62 heavy (non-hydrogen) atoms. The highest BCUT2D eigenvalue weighted by Crippen LogP contribution is 2.29. The number of benzene rings is 5.